The van der Waals surface area contributed by atoms with Crippen molar-refractivity contribution < 1.29 is 4.79 Å². The summed E-state index contributed by atoms with van der Waals surface area (Å²) in [5.41, 5.74) is 2.50. The second-order valence-electron chi connectivity index (χ2n) is 5.52. The Hall–Kier alpha value is -2.73. The number of aromatic nitrogens is 4. The second-order valence-corrected chi connectivity index (χ2v) is 5.96. The fraction of sp³-hybridized carbons (Fsp3) is 0.222. The normalized spacial score (nSPS) is 10.6. The van der Waals surface area contributed by atoms with Crippen molar-refractivity contribution >= 4 is 17.5 Å². The minimum absolute atomic E-state index is 0.236. The fourth-order valence-corrected chi connectivity index (χ4v) is 2.56. The lowest BCUT2D eigenvalue weighted by Crippen LogP contribution is -2.25. The maximum absolute atomic E-state index is 12.5. The van der Waals surface area contributed by atoms with Gasteiger partial charge in [-0.15, -0.1) is 5.10 Å². The van der Waals surface area contributed by atoms with Gasteiger partial charge in [0, 0.05) is 29.5 Å². The second kappa shape index (κ2) is 7.90. The number of rotatable bonds is 6. The maximum atomic E-state index is 12.5. The minimum atomic E-state index is -0.236. The van der Waals surface area contributed by atoms with Gasteiger partial charge in [0.2, 0.25) is 0 Å². The predicted octanol–water partition coefficient (Wildman–Crippen LogP) is 3.51. The van der Waals surface area contributed by atoms with Gasteiger partial charge >= 0.3 is 0 Å². The molecule has 0 spiro atoms. The molecule has 1 aromatic carbocycles. The number of halogens is 1. The van der Waals surface area contributed by atoms with Crippen LogP contribution < -0.4 is 5.32 Å². The summed E-state index contributed by atoms with van der Waals surface area (Å²) in [6, 6.07) is 10.9. The molecule has 1 N–H and O–H groups in total. The number of amides is 1. The Morgan fingerprint density at radius 1 is 1.16 bits per heavy atom. The third-order valence-corrected chi connectivity index (χ3v) is 3.98. The molecule has 1 amide bonds. The predicted molar refractivity (Wildman–Crippen MR) is 96.8 cm³/mol. The van der Waals surface area contributed by atoms with Gasteiger partial charge < -0.3 is 5.32 Å². The van der Waals surface area contributed by atoms with Gasteiger partial charge in [0.25, 0.3) is 5.91 Å². The molecule has 0 saturated heterocycles. The Balaban J connectivity index is 2.04. The Labute approximate surface area is 150 Å². The van der Waals surface area contributed by atoms with Crippen molar-refractivity contribution in [1.29, 1.82) is 0 Å². The van der Waals surface area contributed by atoms with Crippen molar-refractivity contribution in [2.24, 2.45) is 0 Å². The van der Waals surface area contributed by atoms with Crippen molar-refractivity contribution in [3.05, 3.63) is 59.5 Å². The van der Waals surface area contributed by atoms with Gasteiger partial charge in [0.15, 0.2) is 5.69 Å². The molecule has 2 aromatic heterocycles. The van der Waals surface area contributed by atoms with Gasteiger partial charge in [-0.05, 0) is 42.8 Å². The Bertz CT molecular complexity index is 846. The number of hydrogen-bond donors (Lipinski definition) is 1. The fourth-order valence-electron chi connectivity index (χ4n) is 2.43. The molecule has 0 bridgehead atoms. The Morgan fingerprint density at radius 3 is 2.56 bits per heavy atom. The number of carbonyl (C=O) groups is 1. The summed E-state index contributed by atoms with van der Waals surface area (Å²) in [6.45, 7) is 2.68. The topological polar surface area (TPSA) is 72.7 Å². The van der Waals surface area contributed by atoms with Gasteiger partial charge in [-0.25, -0.2) is 4.68 Å². The molecule has 0 unspecified atom stereocenters. The SMILES string of the molecule is CCCCNC(=O)c1nnn(-c2ccc(Cl)cc2)c1-c1ccncc1. The van der Waals surface area contributed by atoms with Crippen LogP contribution in [-0.4, -0.2) is 32.4 Å². The van der Waals surface area contributed by atoms with E-state index in [9.17, 15) is 4.79 Å². The van der Waals surface area contributed by atoms with Crippen molar-refractivity contribution in [3.63, 3.8) is 0 Å². The minimum Gasteiger partial charge on any atom is -0.351 e. The van der Waals surface area contributed by atoms with Crippen LogP contribution in [0, 0.1) is 0 Å². The molecular weight excluding hydrogens is 338 g/mol. The lowest BCUT2D eigenvalue weighted by atomic mass is 10.1. The van der Waals surface area contributed by atoms with Crippen molar-refractivity contribution in [1.82, 2.24) is 25.3 Å². The van der Waals surface area contributed by atoms with E-state index in [1.165, 1.54) is 0 Å². The molecule has 0 saturated carbocycles. The average molecular weight is 356 g/mol. The number of hydrogen-bond acceptors (Lipinski definition) is 4. The smallest absolute Gasteiger partial charge is 0.274 e. The number of carbonyl (C=O) groups excluding carboxylic acids is 1. The quantitative estimate of drug-likeness (QED) is 0.687. The summed E-state index contributed by atoms with van der Waals surface area (Å²) in [5.74, 6) is -0.236. The van der Waals surface area contributed by atoms with E-state index < -0.39 is 0 Å². The first-order valence-corrected chi connectivity index (χ1v) is 8.48. The molecule has 25 heavy (non-hydrogen) atoms. The molecule has 0 aliphatic carbocycles. The Morgan fingerprint density at radius 2 is 1.88 bits per heavy atom. The first-order chi connectivity index (χ1) is 12.2. The summed E-state index contributed by atoms with van der Waals surface area (Å²) >= 11 is 5.96. The number of nitrogens with one attached hydrogen (secondary N) is 1. The third kappa shape index (κ3) is 3.85. The molecule has 6 nitrogen and oxygen atoms in total. The van der Waals surface area contributed by atoms with E-state index in [-0.39, 0.29) is 11.6 Å². The molecule has 3 rings (SSSR count). The van der Waals surface area contributed by atoms with E-state index in [4.69, 9.17) is 11.6 Å². The zero-order valence-electron chi connectivity index (χ0n) is 13.8. The van der Waals surface area contributed by atoms with Gasteiger partial charge in [0.05, 0.1) is 5.69 Å². The van der Waals surface area contributed by atoms with Crippen LogP contribution >= 0.6 is 11.6 Å². The summed E-state index contributed by atoms with van der Waals surface area (Å²) in [7, 11) is 0. The number of unbranched alkanes of at least 4 members (excludes halogenated alkanes) is 1. The lowest BCUT2D eigenvalue weighted by molar-refractivity contribution is 0.0949. The van der Waals surface area contributed by atoms with Crippen LogP contribution in [-0.2, 0) is 0 Å². The zero-order chi connectivity index (χ0) is 17.6. The highest BCUT2D eigenvalue weighted by Crippen LogP contribution is 2.25. The van der Waals surface area contributed by atoms with Crippen LogP contribution in [0.3, 0.4) is 0 Å². The largest absolute Gasteiger partial charge is 0.351 e. The highest BCUT2D eigenvalue weighted by molar-refractivity contribution is 6.30. The van der Waals surface area contributed by atoms with E-state index in [2.05, 4.69) is 27.5 Å². The van der Waals surface area contributed by atoms with E-state index >= 15 is 0 Å². The van der Waals surface area contributed by atoms with Crippen LogP contribution in [0.2, 0.25) is 5.02 Å². The molecule has 7 heteroatoms. The number of pyridine rings is 1. The van der Waals surface area contributed by atoms with Crippen molar-refractivity contribution in [3.8, 4) is 16.9 Å². The highest BCUT2D eigenvalue weighted by atomic mass is 35.5. The van der Waals surface area contributed by atoms with Gasteiger partial charge in [-0.3, -0.25) is 9.78 Å². The molecule has 0 fully saturated rings. The summed E-state index contributed by atoms with van der Waals surface area (Å²) in [6.07, 6.45) is 5.28. The van der Waals surface area contributed by atoms with Gasteiger partial charge in [-0.1, -0.05) is 30.2 Å². The number of nitrogens with zero attached hydrogens (tertiary/aromatic N) is 4. The summed E-state index contributed by atoms with van der Waals surface area (Å²) in [4.78, 5) is 16.6. The molecule has 0 aliphatic rings. The standard InChI is InChI=1S/C18H18ClN5O/c1-2-3-10-21-18(25)16-17(13-8-11-20-12-9-13)24(23-22-16)15-6-4-14(19)5-7-15/h4-9,11-12H,2-3,10H2,1H3,(H,21,25). The third-order valence-electron chi connectivity index (χ3n) is 3.73. The first kappa shape index (κ1) is 17.1. The average Bonchev–Trinajstić information content (AvgIpc) is 3.08. The number of benzene rings is 1. The van der Waals surface area contributed by atoms with E-state index in [0.29, 0.717) is 17.3 Å². The van der Waals surface area contributed by atoms with Crippen LogP contribution in [0.1, 0.15) is 30.3 Å². The molecule has 0 aliphatic heterocycles. The van der Waals surface area contributed by atoms with Crippen LogP contribution in [0.15, 0.2) is 48.8 Å². The summed E-state index contributed by atoms with van der Waals surface area (Å²) in [5, 5.41) is 11.8. The maximum Gasteiger partial charge on any atom is 0.274 e. The monoisotopic (exact) mass is 355 g/mol. The van der Waals surface area contributed by atoms with Gasteiger partial charge in [0.1, 0.15) is 5.69 Å². The molecule has 128 valence electrons. The van der Waals surface area contributed by atoms with E-state index in [1.807, 2.05) is 24.3 Å². The van der Waals surface area contributed by atoms with Crippen molar-refractivity contribution in [2.75, 3.05) is 6.54 Å². The molecular formula is C18H18ClN5O. The van der Waals surface area contributed by atoms with E-state index in [1.54, 1.807) is 29.2 Å². The molecule has 0 radical (unpaired) electrons. The van der Waals surface area contributed by atoms with Gasteiger partial charge in [-0.2, -0.15) is 0 Å². The molecule has 0 atom stereocenters. The molecule has 3 aromatic rings. The zero-order valence-corrected chi connectivity index (χ0v) is 14.6. The van der Waals surface area contributed by atoms with Crippen molar-refractivity contribution in [2.45, 2.75) is 19.8 Å². The Kier molecular flexibility index (Phi) is 5.40. The first-order valence-electron chi connectivity index (χ1n) is 8.11. The molecule has 2 heterocycles. The summed E-state index contributed by atoms with van der Waals surface area (Å²) < 4.78 is 1.64. The highest BCUT2D eigenvalue weighted by Gasteiger charge is 2.21. The van der Waals surface area contributed by atoms with E-state index in [0.717, 1.165) is 24.1 Å². The van der Waals surface area contributed by atoms with Crippen LogP contribution in [0.5, 0.6) is 0 Å². The lowest BCUT2D eigenvalue weighted by Gasteiger charge is -2.09. The van der Waals surface area contributed by atoms with Crippen LogP contribution in [0.25, 0.3) is 16.9 Å². The van der Waals surface area contributed by atoms with Crippen LogP contribution in [0.4, 0.5) is 0 Å².